The molecule has 0 radical (unpaired) electrons. The lowest BCUT2D eigenvalue weighted by atomic mass is 10.1. The summed E-state index contributed by atoms with van der Waals surface area (Å²) in [7, 11) is 0. The molecule has 1 aromatic carbocycles. The summed E-state index contributed by atoms with van der Waals surface area (Å²) < 4.78 is 0. The largest absolute Gasteiger partial charge is 0.349 e. The fourth-order valence-electron chi connectivity index (χ4n) is 3.58. The average Bonchev–Trinajstić information content (AvgIpc) is 3.30. The molecule has 154 valence electrons. The van der Waals surface area contributed by atoms with Crippen LogP contribution in [-0.4, -0.2) is 40.4 Å². The Kier molecular flexibility index (Phi) is 4.80. The minimum atomic E-state index is -0.0257. The molecule has 2 aromatic rings. The molecule has 30 heavy (non-hydrogen) atoms. The van der Waals surface area contributed by atoms with E-state index >= 15 is 0 Å². The molecule has 4 N–H and O–H groups in total. The molecule has 1 unspecified atom stereocenters. The first kappa shape index (κ1) is 18.9. The normalized spacial score (nSPS) is 20.3. The van der Waals surface area contributed by atoms with Gasteiger partial charge in [0.1, 0.15) is 18.4 Å². The fraction of sp³-hybridized carbons (Fsp3) is 0.286. The molecule has 9 heteroatoms. The molecule has 1 aromatic heterocycles. The zero-order valence-corrected chi connectivity index (χ0v) is 17.3. The van der Waals surface area contributed by atoms with E-state index in [1.54, 1.807) is 0 Å². The molecule has 1 atom stereocenters. The summed E-state index contributed by atoms with van der Waals surface area (Å²) >= 11 is 6.04. The number of fused-ring (bicyclic) bond motifs is 1. The van der Waals surface area contributed by atoms with Crippen molar-refractivity contribution >= 4 is 34.8 Å². The zero-order chi connectivity index (χ0) is 20.7. The number of halogens is 1. The highest BCUT2D eigenvalue weighted by atomic mass is 35.5. The van der Waals surface area contributed by atoms with Gasteiger partial charge in [0, 0.05) is 29.1 Å². The smallest absolute Gasteiger partial charge is 0.251 e. The van der Waals surface area contributed by atoms with Crippen LogP contribution in [0.4, 0.5) is 11.5 Å². The number of hydrogen-bond acceptors (Lipinski definition) is 5. The number of allylic oxidation sites excluding steroid dienone is 1. The summed E-state index contributed by atoms with van der Waals surface area (Å²) in [6.07, 6.45) is 6.17. The van der Waals surface area contributed by atoms with E-state index in [1.807, 2.05) is 49.7 Å². The Hall–Kier alpha value is -3.10. The molecule has 1 fully saturated rings. The van der Waals surface area contributed by atoms with Gasteiger partial charge in [-0.3, -0.25) is 15.2 Å². The second-order valence-electron chi connectivity index (χ2n) is 7.77. The molecule has 3 aliphatic rings. The molecule has 1 aliphatic carbocycles. The molecule has 1 saturated carbocycles. The first-order chi connectivity index (χ1) is 14.6. The number of aromatic nitrogens is 2. The third-order valence-corrected chi connectivity index (χ3v) is 5.53. The molecule has 1 amide bonds. The molecule has 3 heterocycles. The Labute approximate surface area is 179 Å². The van der Waals surface area contributed by atoms with Gasteiger partial charge < -0.3 is 10.2 Å². The summed E-state index contributed by atoms with van der Waals surface area (Å²) in [5.74, 6) is 2.90. The highest BCUT2D eigenvalue weighted by Gasteiger charge is 2.34. The van der Waals surface area contributed by atoms with Crippen molar-refractivity contribution in [3.8, 4) is 0 Å². The standard InChI is InChI=1S/C21H22ClN7O/c1-13-7-18(27-26-13)25-20-12-28(11-19-23-16(9-22)10-29(19)20)17-4-2-3-14(8-17)21(30)24-15-5-6-15/h2-4,7-8,10,12,15H,5-6,9,11H2,1H3,(H,24,30)(H2,25,26,27)/p+1. The maximum Gasteiger partial charge on any atom is 0.251 e. The van der Waals surface area contributed by atoms with Crippen LogP contribution in [0.3, 0.4) is 0 Å². The van der Waals surface area contributed by atoms with E-state index < -0.39 is 0 Å². The lowest BCUT2D eigenvalue weighted by Crippen LogP contribution is -3.10. The lowest BCUT2D eigenvalue weighted by Gasteiger charge is -2.29. The van der Waals surface area contributed by atoms with E-state index in [2.05, 4.69) is 30.7 Å². The third-order valence-electron chi connectivity index (χ3n) is 5.25. The van der Waals surface area contributed by atoms with E-state index in [0.29, 0.717) is 24.0 Å². The van der Waals surface area contributed by atoms with Gasteiger partial charge in [-0.25, -0.2) is 4.90 Å². The number of amides is 1. The second kappa shape index (κ2) is 7.62. The topological polar surface area (TPSA) is 89.8 Å². The second-order valence-corrected chi connectivity index (χ2v) is 8.04. The molecule has 0 spiro atoms. The molecular formula is C21H23ClN7O+. The van der Waals surface area contributed by atoms with Gasteiger partial charge in [-0.05, 0) is 38.0 Å². The number of H-pyrrole nitrogens is 1. The number of carbonyl (C=O) groups is 1. The van der Waals surface area contributed by atoms with Crippen molar-refractivity contribution < 1.29 is 9.69 Å². The molecule has 8 nitrogen and oxygen atoms in total. The number of benzene rings is 1. The highest BCUT2D eigenvalue weighted by molar-refractivity contribution is 6.19. The van der Waals surface area contributed by atoms with Crippen molar-refractivity contribution in [2.45, 2.75) is 25.8 Å². The summed E-state index contributed by atoms with van der Waals surface area (Å²) in [5.41, 5.74) is 3.40. The quantitative estimate of drug-likeness (QED) is 0.531. The first-order valence-corrected chi connectivity index (χ1v) is 10.5. The fourth-order valence-corrected chi connectivity index (χ4v) is 3.71. The number of amidine groups is 1. The monoisotopic (exact) mass is 424 g/mol. The Balaban J connectivity index is 1.45. The van der Waals surface area contributed by atoms with Crippen LogP contribution in [0.5, 0.6) is 0 Å². The number of nitrogens with one attached hydrogen (secondary N) is 4. The van der Waals surface area contributed by atoms with Crippen LogP contribution in [0.15, 0.2) is 59.2 Å². The van der Waals surface area contributed by atoms with Gasteiger partial charge in [-0.1, -0.05) is 6.07 Å². The van der Waals surface area contributed by atoms with Crippen molar-refractivity contribution in [1.29, 1.82) is 0 Å². The van der Waals surface area contributed by atoms with Gasteiger partial charge >= 0.3 is 0 Å². The van der Waals surface area contributed by atoms with Crippen molar-refractivity contribution in [2.24, 2.45) is 4.99 Å². The Morgan fingerprint density at radius 3 is 2.97 bits per heavy atom. The summed E-state index contributed by atoms with van der Waals surface area (Å²) in [4.78, 5) is 20.3. The first-order valence-electron chi connectivity index (χ1n) is 9.99. The van der Waals surface area contributed by atoms with Crippen LogP contribution in [0.25, 0.3) is 0 Å². The molecular weight excluding hydrogens is 402 g/mol. The number of rotatable bonds is 6. The number of aryl methyl sites for hydroxylation is 1. The van der Waals surface area contributed by atoms with Crippen LogP contribution in [0, 0.1) is 6.92 Å². The molecule has 0 saturated heterocycles. The zero-order valence-electron chi connectivity index (χ0n) is 16.6. The maximum atomic E-state index is 12.5. The van der Waals surface area contributed by atoms with Crippen molar-refractivity contribution in [1.82, 2.24) is 15.5 Å². The van der Waals surface area contributed by atoms with Crippen LogP contribution in [0.1, 0.15) is 28.9 Å². The van der Waals surface area contributed by atoms with E-state index in [4.69, 9.17) is 11.6 Å². The van der Waals surface area contributed by atoms with Crippen LogP contribution in [0.2, 0.25) is 0 Å². The molecule has 5 rings (SSSR count). The molecule has 2 aliphatic heterocycles. The molecule has 0 bridgehead atoms. The van der Waals surface area contributed by atoms with Gasteiger partial charge in [0.05, 0.1) is 12.1 Å². The number of alkyl halides is 1. The van der Waals surface area contributed by atoms with Gasteiger partial charge in [-0.15, -0.1) is 11.6 Å². The van der Waals surface area contributed by atoms with Crippen molar-refractivity contribution in [3.05, 3.63) is 65.5 Å². The van der Waals surface area contributed by atoms with Gasteiger partial charge in [0.15, 0.2) is 5.82 Å². The van der Waals surface area contributed by atoms with Crippen molar-refractivity contribution in [3.63, 3.8) is 0 Å². The number of nitrogens with zero attached hydrogens (tertiary/aromatic N) is 3. The van der Waals surface area contributed by atoms with Crippen molar-refractivity contribution in [2.75, 3.05) is 22.6 Å². The van der Waals surface area contributed by atoms with Gasteiger partial charge in [0.25, 0.3) is 5.91 Å². The minimum absolute atomic E-state index is 0.0257. The van der Waals surface area contributed by atoms with Gasteiger partial charge in [-0.2, -0.15) is 10.1 Å². The van der Waals surface area contributed by atoms with Crippen LogP contribution in [-0.2, 0) is 0 Å². The van der Waals surface area contributed by atoms with Crippen LogP contribution < -0.4 is 20.4 Å². The SMILES string of the molecule is Cc1cc(NC2=CN(c3cccc(C(=O)NC4CC4)c3)CC3=NC(CCl)=C[NH+]23)n[nH]1. The summed E-state index contributed by atoms with van der Waals surface area (Å²) in [6.45, 7) is 2.56. The number of aromatic amines is 1. The van der Waals surface area contributed by atoms with Crippen LogP contribution >= 0.6 is 11.6 Å². The summed E-state index contributed by atoms with van der Waals surface area (Å²) in [6, 6.07) is 9.94. The number of anilines is 2. The predicted octanol–water partition coefficient (Wildman–Crippen LogP) is 1.72. The van der Waals surface area contributed by atoms with E-state index in [1.165, 1.54) is 0 Å². The Morgan fingerprint density at radius 1 is 1.37 bits per heavy atom. The average molecular weight is 425 g/mol. The van der Waals surface area contributed by atoms with E-state index in [9.17, 15) is 4.79 Å². The van der Waals surface area contributed by atoms with E-state index in [-0.39, 0.29) is 5.91 Å². The van der Waals surface area contributed by atoms with E-state index in [0.717, 1.165) is 52.3 Å². The third kappa shape index (κ3) is 3.83. The number of carbonyl (C=O) groups excluding carboxylic acids is 1. The van der Waals surface area contributed by atoms with Gasteiger partial charge in [0.2, 0.25) is 11.7 Å². The lowest BCUT2D eigenvalue weighted by molar-refractivity contribution is -0.698. The number of hydrogen-bond donors (Lipinski definition) is 4. The maximum absolute atomic E-state index is 12.5. The Morgan fingerprint density at radius 2 is 2.23 bits per heavy atom. The number of quaternary nitrogens is 1. The Bertz CT molecular complexity index is 1080. The minimum Gasteiger partial charge on any atom is -0.349 e. The number of aliphatic imine (C=N–C) groups is 1. The predicted molar refractivity (Wildman–Crippen MR) is 117 cm³/mol. The highest BCUT2D eigenvalue weighted by Crippen LogP contribution is 2.22. The summed E-state index contributed by atoms with van der Waals surface area (Å²) in [5, 5.41) is 13.7.